The first-order valence-electron chi connectivity index (χ1n) is 7.91. The molecule has 0 aromatic carbocycles. The van der Waals surface area contributed by atoms with Crippen LogP contribution < -0.4 is 0 Å². The van der Waals surface area contributed by atoms with E-state index in [9.17, 15) is 0 Å². The van der Waals surface area contributed by atoms with Crippen molar-refractivity contribution < 1.29 is 4.42 Å². The van der Waals surface area contributed by atoms with Gasteiger partial charge in [0.1, 0.15) is 0 Å². The highest BCUT2D eigenvalue weighted by molar-refractivity contribution is 7.15. The molecule has 5 heteroatoms. The topological polar surface area (TPSA) is 42.2 Å². The molecule has 2 aliphatic carbocycles. The van der Waals surface area contributed by atoms with Crippen molar-refractivity contribution in [1.82, 2.24) is 15.1 Å². The molecule has 0 N–H and O–H groups in total. The maximum atomic E-state index is 5.87. The van der Waals surface area contributed by atoms with Gasteiger partial charge in [0.25, 0.3) is 5.89 Å². The molecule has 4 rings (SSSR count). The van der Waals surface area contributed by atoms with Crippen molar-refractivity contribution in [3.63, 3.8) is 0 Å². The fraction of sp³-hybridized carbons (Fsp3) is 0.625. The molecule has 0 saturated heterocycles. The lowest BCUT2D eigenvalue weighted by Crippen LogP contribution is -2.20. The quantitative estimate of drug-likeness (QED) is 0.847. The number of thiophene rings is 1. The van der Waals surface area contributed by atoms with Crippen LogP contribution in [0.3, 0.4) is 0 Å². The monoisotopic (exact) mass is 303 g/mol. The normalized spacial score (nSPS) is 18.2. The van der Waals surface area contributed by atoms with Crippen LogP contribution in [0.2, 0.25) is 0 Å². The van der Waals surface area contributed by atoms with Crippen LogP contribution in [0.25, 0.3) is 10.8 Å². The zero-order chi connectivity index (χ0) is 14.2. The summed E-state index contributed by atoms with van der Waals surface area (Å²) in [4.78, 5) is 4.95. The van der Waals surface area contributed by atoms with Crippen LogP contribution in [0.4, 0.5) is 0 Å². The molecule has 21 heavy (non-hydrogen) atoms. The first-order valence-corrected chi connectivity index (χ1v) is 8.72. The highest BCUT2D eigenvalue weighted by Gasteiger charge is 2.24. The highest BCUT2D eigenvalue weighted by atomic mass is 32.1. The third kappa shape index (κ3) is 3.04. The second-order valence-electron chi connectivity index (χ2n) is 6.41. The van der Waals surface area contributed by atoms with Gasteiger partial charge in [0.2, 0.25) is 5.89 Å². The number of rotatable bonds is 5. The molecule has 0 bridgehead atoms. The maximum Gasteiger partial charge on any atom is 0.257 e. The molecule has 1 saturated carbocycles. The number of aryl methyl sites for hydroxylation is 2. The van der Waals surface area contributed by atoms with E-state index in [2.05, 4.69) is 28.2 Å². The Morgan fingerprint density at radius 1 is 1.29 bits per heavy atom. The van der Waals surface area contributed by atoms with Crippen molar-refractivity contribution in [1.29, 1.82) is 0 Å². The maximum absolute atomic E-state index is 5.87. The molecule has 0 spiro atoms. The molecular weight excluding hydrogens is 282 g/mol. The number of fused-ring (bicyclic) bond motifs is 1. The van der Waals surface area contributed by atoms with Crippen LogP contribution in [0.15, 0.2) is 10.5 Å². The molecule has 2 aliphatic rings. The molecule has 0 radical (unpaired) electrons. The van der Waals surface area contributed by atoms with Gasteiger partial charge in [-0.25, -0.2) is 0 Å². The Morgan fingerprint density at radius 3 is 2.95 bits per heavy atom. The number of nitrogens with zero attached hydrogens (tertiary/aromatic N) is 3. The SMILES string of the molecule is CN(Cc1nnc(-c2cc3c(s2)CCCC3)o1)CC1CC1. The van der Waals surface area contributed by atoms with Crippen molar-refractivity contribution in [3.05, 3.63) is 22.4 Å². The van der Waals surface area contributed by atoms with E-state index in [0.29, 0.717) is 5.89 Å². The van der Waals surface area contributed by atoms with Gasteiger partial charge in [-0.1, -0.05) is 0 Å². The van der Waals surface area contributed by atoms with Crippen molar-refractivity contribution in [2.24, 2.45) is 5.92 Å². The Labute approximate surface area is 129 Å². The third-order valence-electron chi connectivity index (χ3n) is 4.35. The second kappa shape index (κ2) is 5.54. The third-order valence-corrected chi connectivity index (χ3v) is 5.57. The van der Waals surface area contributed by atoms with Gasteiger partial charge in [-0.2, -0.15) is 0 Å². The van der Waals surface area contributed by atoms with E-state index in [1.807, 2.05) is 11.3 Å². The number of hydrogen-bond acceptors (Lipinski definition) is 5. The molecular formula is C16H21N3OS. The molecule has 0 unspecified atom stereocenters. The minimum atomic E-state index is 0.698. The van der Waals surface area contributed by atoms with Crippen LogP contribution in [0, 0.1) is 5.92 Å². The lowest BCUT2D eigenvalue weighted by Gasteiger charge is -2.12. The predicted octanol–water partition coefficient (Wildman–Crippen LogP) is 3.52. The summed E-state index contributed by atoms with van der Waals surface area (Å²) in [7, 11) is 2.13. The van der Waals surface area contributed by atoms with Crippen LogP contribution >= 0.6 is 11.3 Å². The predicted molar refractivity (Wildman–Crippen MR) is 83.3 cm³/mol. The summed E-state index contributed by atoms with van der Waals surface area (Å²) >= 11 is 1.83. The zero-order valence-electron chi connectivity index (χ0n) is 12.5. The molecule has 0 atom stereocenters. The van der Waals surface area contributed by atoms with E-state index in [1.165, 1.54) is 49.0 Å². The van der Waals surface area contributed by atoms with E-state index in [4.69, 9.17) is 4.42 Å². The first kappa shape index (κ1) is 13.5. The molecule has 0 amide bonds. The summed E-state index contributed by atoms with van der Waals surface area (Å²) in [5.74, 6) is 2.32. The summed E-state index contributed by atoms with van der Waals surface area (Å²) in [6, 6.07) is 2.25. The molecule has 0 aliphatic heterocycles. The summed E-state index contributed by atoms with van der Waals surface area (Å²) in [5, 5.41) is 8.46. The average molecular weight is 303 g/mol. The molecule has 2 heterocycles. The Kier molecular flexibility index (Phi) is 3.55. The van der Waals surface area contributed by atoms with Crippen molar-refractivity contribution >= 4 is 11.3 Å². The fourth-order valence-electron chi connectivity index (χ4n) is 3.05. The van der Waals surface area contributed by atoms with E-state index in [1.54, 1.807) is 0 Å². The van der Waals surface area contributed by atoms with Crippen LogP contribution in [0.5, 0.6) is 0 Å². The number of hydrogen-bond donors (Lipinski definition) is 0. The first-order chi connectivity index (χ1) is 10.3. The van der Waals surface area contributed by atoms with Crippen molar-refractivity contribution in [2.45, 2.75) is 45.1 Å². The van der Waals surface area contributed by atoms with E-state index in [-0.39, 0.29) is 0 Å². The molecule has 1 fully saturated rings. The largest absolute Gasteiger partial charge is 0.419 e. The minimum absolute atomic E-state index is 0.698. The van der Waals surface area contributed by atoms with Crippen LogP contribution in [-0.2, 0) is 19.4 Å². The van der Waals surface area contributed by atoms with Crippen molar-refractivity contribution in [3.8, 4) is 10.8 Å². The van der Waals surface area contributed by atoms with Gasteiger partial charge in [0.15, 0.2) is 0 Å². The van der Waals surface area contributed by atoms with E-state index in [0.717, 1.165) is 29.8 Å². The van der Waals surface area contributed by atoms with Gasteiger partial charge in [-0.05, 0) is 63.1 Å². The van der Waals surface area contributed by atoms with Gasteiger partial charge >= 0.3 is 0 Å². The molecule has 2 aromatic heterocycles. The Hall–Kier alpha value is -1.20. The minimum Gasteiger partial charge on any atom is -0.419 e. The van der Waals surface area contributed by atoms with Crippen LogP contribution in [0.1, 0.15) is 42.0 Å². The standard InChI is InChI=1S/C16H21N3OS/c1-19(9-11-6-7-11)10-15-17-18-16(20-15)14-8-12-4-2-3-5-13(12)21-14/h8,11H,2-7,9-10H2,1H3. The lowest BCUT2D eigenvalue weighted by molar-refractivity contribution is 0.279. The highest BCUT2D eigenvalue weighted by Crippen LogP contribution is 2.35. The molecule has 4 nitrogen and oxygen atoms in total. The number of aromatic nitrogens is 2. The Bertz CT molecular complexity index is 606. The van der Waals surface area contributed by atoms with Gasteiger partial charge in [-0.3, -0.25) is 4.90 Å². The summed E-state index contributed by atoms with van der Waals surface area (Å²) in [6.45, 7) is 1.90. The van der Waals surface area contributed by atoms with Crippen molar-refractivity contribution in [2.75, 3.05) is 13.6 Å². The summed E-state index contributed by atoms with van der Waals surface area (Å²) < 4.78 is 5.87. The van der Waals surface area contributed by atoms with Gasteiger partial charge in [0, 0.05) is 11.4 Å². The van der Waals surface area contributed by atoms with E-state index >= 15 is 0 Å². The van der Waals surface area contributed by atoms with Gasteiger partial charge in [0.05, 0.1) is 11.4 Å². The zero-order valence-corrected chi connectivity index (χ0v) is 13.3. The average Bonchev–Trinajstić information content (AvgIpc) is 3.02. The lowest BCUT2D eigenvalue weighted by atomic mass is 9.99. The second-order valence-corrected chi connectivity index (χ2v) is 7.54. The fourth-order valence-corrected chi connectivity index (χ4v) is 4.22. The van der Waals surface area contributed by atoms with Crippen LogP contribution in [-0.4, -0.2) is 28.7 Å². The Balaban J connectivity index is 1.46. The molecule has 112 valence electrons. The van der Waals surface area contributed by atoms with Gasteiger partial charge in [-0.15, -0.1) is 21.5 Å². The van der Waals surface area contributed by atoms with Gasteiger partial charge < -0.3 is 4.42 Å². The summed E-state index contributed by atoms with van der Waals surface area (Å²) in [5.41, 5.74) is 1.49. The van der Waals surface area contributed by atoms with E-state index < -0.39 is 0 Å². The Morgan fingerprint density at radius 2 is 2.14 bits per heavy atom. The summed E-state index contributed by atoms with van der Waals surface area (Å²) in [6.07, 6.45) is 7.79. The smallest absolute Gasteiger partial charge is 0.257 e. The molecule has 2 aromatic rings.